The molecule has 1 aliphatic carbocycles. The summed E-state index contributed by atoms with van der Waals surface area (Å²) in [5, 5.41) is 24.2. The number of likely N-dealkylation sites (N-methyl/N-ethyl adjacent to an activating group) is 1. The van der Waals surface area contributed by atoms with Gasteiger partial charge in [0.1, 0.15) is 5.82 Å². The zero-order chi connectivity index (χ0) is 17.1. The molecule has 4 nitrogen and oxygen atoms in total. The van der Waals surface area contributed by atoms with Crippen LogP contribution in [0, 0.1) is 5.82 Å². The summed E-state index contributed by atoms with van der Waals surface area (Å²) in [4.78, 5) is 2.02. The highest BCUT2D eigenvalue weighted by atomic mass is 19.1. The fourth-order valence-electron chi connectivity index (χ4n) is 3.33. The van der Waals surface area contributed by atoms with Gasteiger partial charge in [0.15, 0.2) is 0 Å². The lowest BCUT2D eigenvalue weighted by Gasteiger charge is -2.42. The maximum absolute atomic E-state index is 13.0. The molecule has 1 saturated carbocycles. The Balaban J connectivity index is 1.66. The molecule has 4 atom stereocenters. The highest BCUT2D eigenvalue weighted by Crippen LogP contribution is 2.29. The number of hydrogen-bond acceptors (Lipinski definition) is 4. The van der Waals surface area contributed by atoms with Crippen LogP contribution in [0.1, 0.15) is 12.8 Å². The lowest BCUT2D eigenvalue weighted by Crippen LogP contribution is -2.54. The summed E-state index contributed by atoms with van der Waals surface area (Å²) in [7, 11) is 1.93. The highest BCUT2D eigenvalue weighted by molar-refractivity contribution is 5.47. The monoisotopic (exact) mass is 330 g/mol. The molecule has 0 aliphatic heterocycles. The van der Waals surface area contributed by atoms with E-state index >= 15 is 0 Å². The third kappa shape index (κ3) is 3.68. The quantitative estimate of drug-likeness (QED) is 0.807. The van der Waals surface area contributed by atoms with Crippen molar-refractivity contribution < 1.29 is 14.6 Å². The number of rotatable bonds is 4. The summed E-state index contributed by atoms with van der Waals surface area (Å²) >= 11 is 0. The van der Waals surface area contributed by atoms with Crippen molar-refractivity contribution in [3.63, 3.8) is 0 Å². The van der Waals surface area contributed by atoms with Crippen molar-refractivity contribution in [3.05, 3.63) is 60.4 Å². The molecule has 0 aromatic heterocycles. The average molecular weight is 330 g/mol. The Morgan fingerprint density at radius 2 is 1.62 bits per heavy atom. The van der Waals surface area contributed by atoms with Gasteiger partial charge in [0, 0.05) is 18.4 Å². The van der Waals surface area contributed by atoms with Gasteiger partial charge in [0.25, 0.3) is 0 Å². The van der Waals surface area contributed by atoms with Crippen molar-refractivity contribution in [2.45, 2.75) is 37.1 Å². The molecule has 0 unspecified atom stereocenters. The molecule has 0 radical (unpaired) electrons. The number of nitrogens with one attached hydrogen (secondary N) is 1. The second kappa shape index (κ2) is 7.20. The number of aliphatic hydroxyl groups is 2. The van der Waals surface area contributed by atoms with Crippen LogP contribution in [0.2, 0.25) is 0 Å². The summed E-state index contributed by atoms with van der Waals surface area (Å²) in [6.07, 6.45) is -0.252. The Labute approximate surface area is 141 Å². The van der Waals surface area contributed by atoms with Gasteiger partial charge in [0.05, 0.1) is 24.3 Å². The lowest BCUT2D eigenvalue weighted by atomic mass is 9.85. The maximum atomic E-state index is 13.0. The smallest absolute Gasteiger partial charge is 0.123 e. The third-order valence-corrected chi connectivity index (χ3v) is 4.74. The topological polar surface area (TPSA) is 55.7 Å². The minimum Gasteiger partial charge on any atom is -0.391 e. The third-order valence-electron chi connectivity index (χ3n) is 4.74. The Morgan fingerprint density at radius 3 is 2.29 bits per heavy atom. The molecule has 0 heterocycles. The molecule has 0 bridgehead atoms. The van der Waals surface area contributed by atoms with Crippen molar-refractivity contribution in [1.29, 1.82) is 0 Å². The zero-order valence-electron chi connectivity index (χ0n) is 13.6. The summed E-state index contributed by atoms with van der Waals surface area (Å²) in [6.45, 7) is 0. The van der Waals surface area contributed by atoms with Crippen LogP contribution < -0.4 is 10.2 Å². The van der Waals surface area contributed by atoms with Gasteiger partial charge in [-0.2, -0.15) is 0 Å². The normalized spacial score (nSPS) is 26.8. The number of hydrogen-bond donors (Lipinski definition) is 3. The second-order valence-corrected chi connectivity index (χ2v) is 6.38. The number of nitrogens with zero attached hydrogens (tertiary/aromatic N) is 1. The van der Waals surface area contributed by atoms with E-state index in [0.29, 0.717) is 12.8 Å². The first kappa shape index (κ1) is 16.7. The molecule has 1 fully saturated rings. The van der Waals surface area contributed by atoms with E-state index in [1.165, 1.54) is 12.1 Å². The van der Waals surface area contributed by atoms with Crippen LogP contribution in [0.5, 0.6) is 0 Å². The predicted molar refractivity (Wildman–Crippen MR) is 93.7 cm³/mol. The van der Waals surface area contributed by atoms with Crippen LogP contribution in [-0.2, 0) is 0 Å². The van der Waals surface area contributed by atoms with Gasteiger partial charge in [-0.25, -0.2) is 4.39 Å². The van der Waals surface area contributed by atoms with Crippen molar-refractivity contribution >= 4 is 11.4 Å². The second-order valence-electron chi connectivity index (χ2n) is 6.38. The lowest BCUT2D eigenvalue weighted by molar-refractivity contribution is 0.0271. The van der Waals surface area contributed by atoms with E-state index in [1.807, 2.05) is 42.3 Å². The minimum absolute atomic E-state index is 0.145. The maximum Gasteiger partial charge on any atom is 0.123 e. The van der Waals surface area contributed by atoms with Gasteiger partial charge in [-0.15, -0.1) is 0 Å². The molecule has 128 valence electrons. The van der Waals surface area contributed by atoms with E-state index in [-0.39, 0.29) is 17.9 Å². The van der Waals surface area contributed by atoms with Crippen LogP contribution in [-0.4, -0.2) is 41.6 Å². The SMILES string of the molecule is CN(c1ccccc1)[C@H]1C[C@@H](O)[C@H](Nc2ccc(F)cc2)C[C@@H]1O. The predicted octanol–water partition coefficient (Wildman–Crippen LogP) is 2.63. The van der Waals surface area contributed by atoms with Gasteiger partial charge in [0.2, 0.25) is 0 Å². The van der Waals surface area contributed by atoms with E-state index in [0.717, 1.165) is 11.4 Å². The van der Waals surface area contributed by atoms with Crippen molar-refractivity contribution in [1.82, 2.24) is 0 Å². The summed E-state index contributed by atoms with van der Waals surface area (Å²) < 4.78 is 13.0. The number of anilines is 2. The van der Waals surface area contributed by atoms with Crippen LogP contribution in [0.4, 0.5) is 15.8 Å². The van der Waals surface area contributed by atoms with Gasteiger partial charge in [-0.3, -0.25) is 0 Å². The van der Waals surface area contributed by atoms with E-state index < -0.39 is 12.2 Å². The Bertz CT molecular complexity index is 650. The largest absolute Gasteiger partial charge is 0.391 e. The number of benzene rings is 2. The fraction of sp³-hybridized carbons (Fsp3) is 0.368. The first-order chi connectivity index (χ1) is 11.5. The molecule has 0 saturated heterocycles. The summed E-state index contributed by atoms with van der Waals surface area (Å²) in [5.41, 5.74) is 1.75. The van der Waals surface area contributed by atoms with Gasteiger partial charge < -0.3 is 20.4 Å². The van der Waals surface area contributed by atoms with Crippen molar-refractivity contribution in [2.75, 3.05) is 17.3 Å². The summed E-state index contributed by atoms with van der Waals surface area (Å²) in [6, 6.07) is 15.5. The molecule has 1 aliphatic rings. The van der Waals surface area contributed by atoms with E-state index in [4.69, 9.17) is 0 Å². The van der Waals surface area contributed by atoms with Gasteiger partial charge in [-0.1, -0.05) is 18.2 Å². The first-order valence-electron chi connectivity index (χ1n) is 8.20. The van der Waals surface area contributed by atoms with E-state index in [1.54, 1.807) is 12.1 Å². The summed E-state index contributed by atoms with van der Waals surface area (Å²) in [5.74, 6) is -0.297. The van der Waals surface area contributed by atoms with Crippen molar-refractivity contribution in [3.8, 4) is 0 Å². The van der Waals surface area contributed by atoms with Gasteiger partial charge in [-0.05, 0) is 49.2 Å². The molecule has 3 N–H and O–H groups in total. The number of aliphatic hydroxyl groups excluding tert-OH is 2. The van der Waals surface area contributed by atoms with Crippen molar-refractivity contribution in [2.24, 2.45) is 0 Å². The average Bonchev–Trinajstić information content (AvgIpc) is 2.60. The number of halogens is 1. The Hall–Kier alpha value is -2.11. The Morgan fingerprint density at radius 1 is 0.958 bits per heavy atom. The molecule has 0 amide bonds. The molecule has 2 aromatic carbocycles. The first-order valence-corrected chi connectivity index (χ1v) is 8.20. The molecular formula is C19H23FN2O2. The fourth-order valence-corrected chi connectivity index (χ4v) is 3.33. The van der Waals surface area contributed by atoms with E-state index in [9.17, 15) is 14.6 Å². The van der Waals surface area contributed by atoms with E-state index in [2.05, 4.69) is 5.32 Å². The van der Waals surface area contributed by atoms with Crippen LogP contribution in [0.25, 0.3) is 0 Å². The van der Waals surface area contributed by atoms with Crippen LogP contribution in [0.3, 0.4) is 0 Å². The minimum atomic E-state index is -0.588. The highest BCUT2D eigenvalue weighted by Gasteiger charge is 2.37. The molecule has 5 heteroatoms. The molecule has 3 rings (SSSR count). The molecule has 2 aromatic rings. The standard InChI is InChI=1S/C19H23FN2O2/c1-22(15-5-3-2-4-6-15)17-12-18(23)16(11-19(17)24)21-14-9-7-13(20)8-10-14/h2-10,16-19,21,23-24H,11-12H2,1H3/t16-,17+,18-,19+/m1/s1. The van der Waals surface area contributed by atoms with Crippen LogP contribution >= 0.6 is 0 Å². The molecular weight excluding hydrogens is 307 g/mol. The number of para-hydroxylation sites is 1. The zero-order valence-corrected chi connectivity index (χ0v) is 13.6. The molecule has 0 spiro atoms. The van der Waals surface area contributed by atoms with Gasteiger partial charge >= 0.3 is 0 Å². The molecule has 24 heavy (non-hydrogen) atoms. The van der Waals surface area contributed by atoms with Crippen LogP contribution in [0.15, 0.2) is 54.6 Å². The Kier molecular flexibility index (Phi) is 5.02.